The van der Waals surface area contributed by atoms with Crippen LogP contribution in [0.2, 0.25) is 0 Å². The van der Waals surface area contributed by atoms with Crippen LogP contribution in [0, 0.1) is 0 Å². The SMILES string of the molecule is C=C(C)CNC1CCN2CCCC12. The molecule has 0 aromatic rings. The van der Waals surface area contributed by atoms with Gasteiger partial charge in [-0.1, -0.05) is 12.2 Å². The zero-order valence-corrected chi connectivity index (χ0v) is 8.55. The fourth-order valence-corrected chi connectivity index (χ4v) is 2.63. The highest BCUT2D eigenvalue weighted by Crippen LogP contribution is 2.27. The fourth-order valence-electron chi connectivity index (χ4n) is 2.63. The molecular formula is C11H20N2. The molecule has 2 aliphatic heterocycles. The Morgan fingerprint density at radius 1 is 1.46 bits per heavy atom. The summed E-state index contributed by atoms with van der Waals surface area (Å²) in [6.45, 7) is 9.65. The molecule has 2 aliphatic rings. The van der Waals surface area contributed by atoms with Crippen molar-refractivity contribution in [1.29, 1.82) is 0 Å². The van der Waals surface area contributed by atoms with E-state index in [2.05, 4.69) is 23.7 Å². The molecular weight excluding hydrogens is 160 g/mol. The van der Waals surface area contributed by atoms with Gasteiger partial charge >= 0.3 is 0 Å². The minimum Gasteiger partial charge on any atom is -0.309 e. The van der Waals surface area contributed by atoms with Crippen LogP contribution >= 0.6 is 0 Å². The average Bonchev–Trinajstić information content (AvgIpc) is 2.60. The van der Waals surface area contributed by atoms with Crippen LogP contribution in [0.15, 0.2) is 12.2 Å². The topological polar surface area (TPSA) is 15.3 Å². The van der Waals surface area contributed by atoms with E-state index in [0.717, 1.165) is 18.6 Å². The molecule has 0 amide bonds. The summed E-state index contributed by atoms with van der Waals surface area (Å²) in [5.41, 5.74) is 1.25. The van der Waals surface area contributed by atoms with E-state index in [4.69, 9.17) is 0 Å². The molecule has 2 unspecified atom stereocenters. The summed E-state index contributed by atoms with van der Waals surface area (Å²) in [5.74, 6) is 0. The lowest BCUT2D eigenvalue weighted by Crippen LogP contribution is -2.39. The van der Waals surface area contributed by atoms with Crippen molar-refractivity contribution < 1.29 is 0 Å². The van der Waals surface area contributed by atoms with E-state index in [9.17, 15) is 0 Å². The van der Waals surface area contributed by atoms with Crippen LogP contribution in [0.3, 0.4) is 0 Å². The maximum atomic E-state index is 3.93. The third kappa shape index (κ3) is 1.94. The Labute approximate surface area is 81.0 Å². The summed E-state index contributed by atoms with van der Waals surface area (Å²) >= 11 is 0. The lowest BCUT2D eigenvalue weighted by atomic mass is 10.1. The number of fused-ring (bicyclic) bond motifs is 1. The van der Waals surface area contributed by atoms with Crippen LogP contribution in [0.4, 0.5) is 0 Å². The smallest absolute Gasteiger partial charge is 0.0250 e. The number of hydrogen-bond acceptors (Lipinski definition) is 2. The molecule has 0 spiro atoms. The minimum absolute atomic E-state index is 0.735. The molecule has 2 heteroatoms. The summed E-state index contributed by atoms with van der Waals surface area (Å²) in [4.78, 5) is 2.64. The quantitative estimate of drug-likeness (QED) is 0.660. The van der Waals surface area contributed by atoms with E-state index in [1.807, 2.05) is 0 Å². The monoisotopic (exact) mass is 180 g/mol. The summed E-state index contributed by atoms with van der Waals surface area (Å²) in [6.07, 6.45) is 4.13. The Kier molecular flexibility index (Phi) is 2.70. The minimum atomic E-state index is 0.735. The normalized spacial score (nSPS) is 33.6. The molecule has 0 saturated carbocycles. The van der Waals surface area contributed by atoms with E-state index in [1.165, 1.54) is 37.9 Å². The average molecular weight is 180 g/mol. The Hall–Kier alpha value is -0.340. The third-order valence-electron chi connectivity index (χ3n) is 3.27. The van der Waals surface area contributed by atoms with Crippen LogP contribution in [0.25, 0.3) is 0 Å². The highest BCUT2D eigenvalue weighted by atomic mass is 15.2. The molecule has 2 heterocycles. The number of hydrogen-bond donors (Lipinski definition) is 1. The molecule has 1 N–H and O–H groups in total. The van der Waals surface area contributed by atoms with Crippen LogP contribution in [-0.2, 0) is 0 Å². The molecule has 0 radical (unpaired) electrons. The molecule has 2 saturated heterocycles. The van der Waals surface area contributed by atoms with Gasteiger partial charge in [0.05, 0.1) is 0 Å². The molecule has 0 aromatic carbocycles. The maximum absolute atomic E-state index is 3.93. The van der Waals surface area contributed by atoms with Crippen molar-refractivity contribution in [2.24, 2.45) is 0 Å². The highest BCUT2D eigenvalue weighted by Gasteiger charge is 2.36. The second kappa shape index (κ2) is 3.81. The van der Waals surface area contributed by atoms with E-state index in [0.29, 0.717) is 0 Å². The molecule has 2 atom stereocenters. The van der Waals surface area contributed by atoms with Gasteiger partial charge in [-0.2, -0.15) is 0 Å². The van der Waals surface area contributed by atoms with Gasteiger partial charge in [-0.15, -0.1) is 0 Å². The van der Waals surface area contributed by atoms with Crippen molar-refractivity contribution in [2.45, 2.75) is 38.3 Å². The van der Waals surface area contributed by atoms with E-state index < -0.39 is 0 Å². The first-order valence-electron chi connectivity index (χ1n) is 5.39. The zero-order valence-electron chi connectivity index (χ0n) is 8.55. The highest BCUT2D eigenvalue weighted by molar-refractivity contribution is 4.99. The van der Waals surface area contributed by atoms with Crippen LogP contribution in [-0.4, -0.2) is 36.6 Å². The molecule has 2 rings (SSSR count). The van der Waals surface area contributed by atoms with Gasteiger partial charge < -0.3 is 5.32 Å². The van der Waals surface area contributed by atoms with Gasteiger partial charge in [0, 0.05) is 25.2 Å². The van der Waals surface area contributed by atoms with Gasteiger partial charge in [0.1, 0.15) is 0 Å². The molecule has 74 valence electrons. The summed E-state index contributed by atoms with van der Waals surface area (Å²) in [7, 11) is 0. The molecule has 0 aromatic heterocycles. The van der Waals surface area contributed by atoms with Crippen molar-refractivity contribution in [2.75, 3.05) is 19.6 Å². The van der Waals surface area contributed by atoms with Crippen molar-refractivity contribution in [3.8, 4) is 0 Å². The number of nitrogens with zero attached hydrogens (tertiary/aromatic N) is 1. The Bertz CT molecular complexity index is 200. The maximum Gasteiger partial charge on any atom is 0.0250 e. The standard InChI is InChI=1S/C11H20N2/c1-9(2)8-12-10-5-7-13-6-3-4-11(10)13/h10-12H,1,3-8H2,2H3. The predicted molar refractivity (Wildman–Crippen MR) is 55.8 cm³/mol. The van der Waals surface area contributed by atoms with Gasteiger partial charge in [-0.05, 0) is 32.7 Å². The van der Waals surface area contributed by atoms with Crippen molar-refractivity contribution in [3.63, 3.8) is 0 Å². The van der Waals surface area contributed by atoms with E-state index >= 15 is 0 Å². The Morgan fingerprint density at radius 2 is 2.31 bits per heavy atom. The van der Waals surface area contributed by atoms with E-state index in [-0.39, 0.29) is 0 Å². The lowest BCUT2D eigenvalue weighted by Gasteiger charge is -2.21. The van der Waals surface area contributed by atoms with Crippen molar-refractivity contribution in [3.05, 3.63) is 12.2 Å². The van der Waals surface area contributed by atoms with Crippen LogP contribution in [0.5, 0.6) is 0 Å². The van der Waals surface area contributed by atoms with Crippen molar-refractivity contribution >= 4 is 0 Å². The van der Waals surface area contributed by atoms with Gasteiger partial charge in [-0.25, -0.2) is 0 Å². The summed E-state index contributed by atoms with van der Waals surface area (Å²) in [5, 5.41) is 3.61. The van der Waals surface area contributed by atoms with Gasteiger partial charge in [0.2, 0.25) is 0 Å². The molecule has 0 bridgehead atoms. The Morgan fingerprint density at radius 3 is 3.08 bits per heavy atom. The Balaban J connectivity index is 1.83. The first kappa shape index (κ1) is 9.22. The summed E-state index contributed by atoms with van der Waals surface area (Å²) < 4.78 is 0. The van der Waals surface area contributed by atoms with Crippen LogP contribution in [0.1, 0.15) is 26.2 Å². The third-order valence-corrected chi connectivity index (χ3v) is 3.27. The first-order valence-corrected chi connectivity index (χ1v) is 5.39. The van der Waals surface area contributed by atoms with Crippen molar-refractivity contribution in [1.82, 2.24) is 10.2 Å². The molecule has 2 nitrogen and oxygen atoms in total. The fraction of sp³-hybridized carbons (Fsp3) is 0.818. The number of nitrogens with one attached hydrogen (secondary N) is 1. The lowest BCUT2D eigenvalue weighted by molar-refractivity contribution is 0.301. The first-order chi connectivity index (χ1) is 6.27. The molecule has 2 fully saturated rings. The van der Waals surface area contributed by atoms with Gasteiger partial charge in [0.25, 0.3) is 0 Å². The molecule has 0 aliphatic carbocycles. The van der Waals surface area contributed by atoms with E-state index in [1.54, 1.807) is 0 Å². The second-order valence-electron chi connectivity index (χ2n) is 4.48. The van der Waals surface area contributed by atoms with Crippen LogP contribution < -0.4 is 5.32 Å². The summed E-state index contributed by atoms with van der Waals surface area (Å²) in [6, 6.07) is 1.57. The predicted octanol–water partition coefficient (Wildman–Crippen LogP) is 1.39. The van der Waals surface area contributed by atoms with Gasteiger partial charge in [0.15, 0.2) is 0 Å². The largest absolute Gasteiger partial charge is 0.309 e. The number of rotatable bonds is 3. The second-order valence-corrected chi connectivity index (χ2v) is 4.48. The molecule has 13 heavy (non-hydrogen) atoms. The van der Waals surface area contributed by atoms with Gasteiger partial charge in [-0.3, -0.25) is 4.90 Å². The zero-order chi connectivity index (χ0) is 9.26.